The largest absolute Gasteiger partial charge is 0.478 e. The highest BCUT2D eigenvalue weighted by Crippen LogP contribution is 2.28. The zero-order valence-corrected chi connectivity index (χ0v) is 12.1. The summed E-state index contributed by atoms with van der Waals surface area (Å²) in [6, 6.07) is 1.97. The molecule has 4 nitrogen and oxygen atoms in total. The first-order valence-corrected chi connectivity index (χ1v) is 7.19. The van der Waals surface area contributed by atoms with E-state index in [0.717, 1.165) is 9.35 Å². The van der Waals surface area contributed by atoms with Gasteiger partial charge in [-0.3, -0.25) is 0 Å². The number of anilines is 1. The predicted molar refractivity (Wildman–Crippen MR) is 73.2 cm³/mol. The van der Waals surface area contributed by atoms with Crippen LogP contribution in [0.15, 0.2) is 15.9 Å². The van der Waals surface area contributed by atoms with Gasteiger partial charge < -0.3 is 10.4 Å². The van der Waals surface area contributed by atoms with Crippen LogP contribution in [0.1, 0.15) is 20.9 Å². The molecule has 7 heteroatoms. The second-order valence-electron chi connectivity index (χ2n) is 3.32. The highest BCUT2D eigenvalue weighted by molar-refractivity contribution is 9.10. The van der Waals surface area contributed by atoms with Crippen molar-refractivity contribution in [2.24, 2.45) is 0 Å². The molecule has 2 heterocycles. The van der Waals surface area contributed by atoms with Crippen LogP contribution in [0.3, 0.4) is 0 Å². The molecule has 0 radical (unpaired) electrons. The SMILES string of the molecule is Cc1nsc(NCc2sccc2Br)c1C(=O)O. The Balaban J connectivity index is 2.15. The molecule has 2 rings (SSSR count). The third-order valence-electron chi connectivity index (χ3n) is 2.18. The van der Waals surface area contributed by atoms with E-state index < -0.39 is 5.97 Å². The van der Waals surface area contributed by atoms with Crippen molar-refractivity contribution in [3.8, 4) is 0 Å². The van der Waals surface area contributed by atoms with Gasteiger partial charge in [0.05, 0.1) is 12.2 Å². The van der Waals surface area contributed by atoms with Crippen molar-refractivity contribution < 1.29 is 9.90 Å². The number of aryl methyl sites for hydroxylation is 1. The van der Waals surface area contributed by atoms with Gasteiger partial charge in [0.1, 0.15) is 10.6 Å². The molecule has 90 valence electrons. The molecule has 0 atom stereocenters. The van der Waals surface area contributed by atoms with Crippen molar-refractivity contribution in [3.05, 3.63) is 32.1 Å². The number of hydrogen-bond acceptors (Lipinski definition) is 5. The number of carboxylic acid groups (broad SMARTS) is 1. The maximum atomic E-state index is 11.1. The number of hydrogen-bond donors (Lipinski definition) is 2. The second kappa shape index (κ2) is 5.16. The molecule has 0 aromatic carbocycles. The van der Waals surface area contributed by atoms with Crippen LogP contribution < -0.4 is 5.32 Å². The first kappa shape index (κ1) is 12.5. The Morgan fingerprint density at radius 2 is 2.41 bits per heavy atom. The Morgan fingerprint density at radius 1 is 1.65 bits per heavy atom. The Morgan fingerprint density at radius 3 is 3.00 bits per heavy atom. The summed E-state index contributed by atoms with van der Waals surface area (Å²) in [6.07, 6.45) is 0. The quantitative estimate of drug-likeness (QED) is 0.898. The standard InChI is InChI=1S/C10H9BrN2O2S2/c1-5-8(10(14)15)9(17-13-5)12-4-7-6(11)2-3-16-7/h2-3,12H,4H2,1H3,(H,14,15). The highest BCUT2D eigenvalue weighted by Gasteiger charge is 2.17. The van der Waals surface area contributed by atoms with E-state index in [1.807, 2.05) is 11.4 Å². The van der Waals surface area contributed by atoms with E-state index >= 15 is 0 Å². The summed E-state index contributed by atoms with van der Waals surface area (Å²) in [4.78, 5) is 12.2. The van der Waals surface area contributed by atoms with Crippen molar-refractivity contribution in [1.82, 2.24) is 4.37 Å². The van der Waals surface area contributed by atoms with Crippen molar-refractivity contribution in [1.29, 1.82) is 0 Å². The summed E-state index contributed by atoms with van der Waals surface area (Å²) in [7, 11) is 0. The van der Waals surface area contributed by atoms with Crippen LogP contribution in [-0.2, 0) is 6.54 Å². The van der Waals surface area contributed by atoms with Crippen LogP contribution in [-0.4, -0.2) is 15.4 Å². The van der Waals surface area contributed by atoms with Gasteiger partial charge in [-0.1, -0.05) is 0 Å². The molecule has 2 aromatic rings. The first-order valence-electron chi connectivity index (χ1n) is 4.75. The lowest BCUT2D eigenvalue weighted by atomic mass is 10.2. The molecule has 2 aromatic heterocycles. The lowest BCUT2D eigenvalue weighted by molar-refractivity contribution is 0.0697. The van der Waals surface area contributed by atoms with E-state index in [1.165, 1.54) is 11.5 Å². The van der Waals surface area contributed by atoms with E-state index in [2.05, 4.69) is 25.6 Å². The first-order chi connectivity index (χ1) is 8.09. The van der Waals surface area contributed by atoms with Crippen molar-refractivity contribution in [2.45, 2.75) is 13.5 Å². The molecule has 0 bridgehead atoms. The fraction of sp³-hybridized carbons (Fsp3) is 0.200. The Labute approximate surface area is 115 Å². The molecule has 0 saturated heterocycles. The molecule has 0 aliphatic heterocycles. The van der Waals surface area contributed by atoms with Crippen LogP contribution in [0.4, 0.5) is 5.00 Å². The number of rotatable bonds is 4. The molecule has 0 saturated carbocycles. The minimum atomic E-state index is -0.941. The van der Waals surface area contributed by atoms with E-state index in [1.54, 1.807) is 18.3 Å². The predicted octanol–water partition coefficient (Wildman–Crippen LogP) is 3.59. The van der Waals surface area contributed by atoms with Crippen molar-refractivity contribution >= 4 is 49.8 Å². The fourth-order valence-electron chi connectivity index (χ4n) is 1.35. The summed E-state index contributed by atoms with van der Waals surface area (Å²) in [6.45, 7) is 2.30. The van der Waals surface area contributed by atoms with E-state index in [9.17, 15) is 4.79 Å². The van der Waals surface area contributed by atoms with E-state index in [-0.39, 0.29) is 5.56 Å². The van der Waals surface area contributed by atoms with Gasteiger partial charge in [0.15, 0.2) is 0 Å². The van der Waals surface area contributed by atoms with Gasteiger partial charge in [-0.15, -0.1) is 11.3 Å². The molecule has 17 heavy (non-hydrogen) atoms. The van der Waals surface area contributed by atoms with Gasteiger partial charge in [0, 0.05) is 9.35 Å². The van der Waals surface area contributed by atoms with Gasteiger partial charge in [-0.05, 0) is 45.8 Å². The van der Waals surface area contributed by atoms with Gasteiger partial charge >= 0.3 is 5.97 Å². The minimum absolute atomic E-state index is 0.266. The molecule has 0 aliphatic carbocycles. The number of halogens is 1. The fourth-order valence-corrected chi connectivity index (χ4v) is 3.57. The third kappa shape index (κ3) is 2.67. The summed E-state index contributed by atoms with van der Waals surface area (Å²) in [5, 5.41) is 14.8. The zero-order chi connectivity index (χ0) is 12.4. The van der Waals surface area contributed by atoms with Crippen molar-refractivity contribution in [3.63, 3.8) is 0 Å². The number of nitrogens with one attached hydrogen (secondary N) is 1. The Bertz CT molecular complexity index is 550. The average Bonchev–Trinajstić information content (AvgIpc) is 2.82. The Kier molecular flexibility index (Phi) is 3.80. The summed E-state index contributed by atoms with van der Waals surface area (Å²) < 4.78 is 5.09. The van der Waals surface area contributed by atoms with Gasteiger partial charge in [0.25, 0.3) is 0 Å². The lowest BCUT2D eigenvalue weighted by Crippen LogP contribution is -2.04. The topological polar surface area (TPSA) is 62.2 Å². The maximum absolute atomic E-state index is 11.1. The third-order valence-corrected chi connectivity index (χ3v) is 5.00. The molecule has 0 spiro atoms. The van der Waals surface area contributed by atoms with Crippen LogP contribution >= 0.6 is 38.8 Å². The molecule has 0 amide bonds. The minimum Gasteiger partial charge on any atom is -0.478 e. The number of carbonyl (C=O) groups is 1. The molecule has 0 aliphatic rings. The molecule has 0 unspecified atom stereocenters. The summed E-state index contributed by atoms with van der Waals surface area (Å²) in [5.74, 6) is -0.941. The smallest absolute Gasteiger partial charge is 0.340 e. The summed E-state index contributed by atoms with van der Waals surface area (Å²) in [5.41, 5.74) is 0.818. The van der Waals surface area contributed by atoms with Crippen LogP contribution in [0.5, 0.6) is 0 Å². The normalized spacial score (nSPS) is 10.5. The molecular formula is C10H9BrN2O2S2. The van der Waals surface area contributed by atoms with E-state index in [4.69, 9.17) is 5.11 Å². The molecule has 0 fully saturated rings. The van der Waals surface area contributed by atoms with Gasteiger partial charge in [-0.25, -0.2) is 4.79 Å². The van der Waals surface area contributed by atoms with Crippen molar-refractivity contribution in [2.75, 3.05) is 5.32 Å². The zero-order valence-electron chi connectivity index (χ0n) is 8.86. The number of aromatic nitrogens is 1. The van der Waals surface area contributed by atoms with Crippen LogP contribution in [0.2, 0.25) is 0 Å². The Hall–Kier alpha value is -0.920. The lowest BCUT2D eigenvalue weighted by Gasteiger charge is -2.03. The van der Waals surface area contributed by atoms with Gasteiger partial charge in [-0.2, -0.15) is 4.37 Å². The number of thiophene rings is 1. The second-order valence-corrected chi connectivity index (χ2v) is 5.95. The van der Waals surface area contributed by atoms with Gasteiger partial charge in [0.2, 0.25) is 0 Å². The van der Waals surface area contributed by atoms with Crippen LogP contribution in [0.25, 0.3) is 0 Å². The number of nitrogens with zero attached hydrogens (tertiary/aromatic N) is 1. The monoisotopic (exact) mass is 332 g/mol. The van der Waals surface area contributed by atoms with Crippen LogP contribution in [0, 0.1) is 6.92 Å². The molecule has 2 N–H and O–H groups in total. The van der Waals surface area contributed by atoms with E-state index in [0.29, 0.717) is 17.2 Å². The average molecular weight is 333 g/mol. The maximum Gasteiger partial charge on any atom is 0.340 e. The number of aromatic carboxylic acids is 1. The highest BCUT2D eigenvalue weighted by atomic mass is 79.9. The summed E-state index contributed by atoms with van der Waals surface area (Å²) >= 11 is 6.23. The number of carboxylic acids is 1. The molecular weight excluding hydrogens is 324 g/mol.